The number of benzene rings is 1. The van der Waals surface area contributed by atoms with E-state index in [0.29, 0.717) is 29.3 Å². The van der Waals surface area contributed by atoms with Crippen molar-refractivity contribution in [3.63, 3.8) is 0 Å². The van der Waals surface area contributed by atoms with Gasteiger partial charge in [0.1, 0.15) is 11.4 Å². The number of nitrogens with one attached hydrogen (secondary N) is 2. The molecule has 1 amide bonds. The molecule has 11 heteroatoms. The van der Waals surface area contributed by atoms with Crippen molar-refractivity contribution in [3.05, 3.63) is 35.2 Å². The average molecular weight is 411 g/mol. The zero-order valence-electron chi connectivity index (χ0n) is 16.7. The molecule has 0 atom stereocenters. The van der Waals surface area contributed by atoms with Crippen molar-refractivity contribution in [1.82, 2.24) is 20.1 Å². The number of carbonyl (C=O) groups is 1. The van der Waals surface area contributed by atoms with Gasteiger partial charge in [-0.1, -0.05) is 4.47 Å². The molecule has 154 valence electrons. The fraction of sp³-hybridized carbons (Fsp3) is 0.412. The number of rotatable bonds is 7. The van der Waals surface area contributed by atoms with Gasteiger partial charge in [0.05, 0.1) is 24.2 Å². The summed E-state index contributed by atoms with van der Waals surface area (Å²) in [6, 6.07) is 4.30. The van der Waals surface area contributed by atoms with E-state index in [2.05, 4.69) is 15.8 Å². The maximum absolute atomic E-state index is 12.6. The van der Waals surface area contributed by atoms with Crippen LogP contribution >= 0.6 is 0 Å². The molecular formula is C17H25N5O5S. The van der Waals surface area contributed by atoms with Crippen LogP contribution in [0.25, 0.3) is 0 Å². The van der Waals surface area contributed by atoms with Crippen LogP contribution in [0, 0.1) is 0 Å². The first kappa shape index (κ1) is 21.7. The first-order valence-corrected chi connectivity index (χ1v) is 9.91. The second-order valence-corrected chi connectivity index (χ2v) is 8.01. The lowest BCUT2D eigenvalue weighted by Gasteiger charge is -2.23. The second kappa shape index (κ2) is 8.59. The van der Waals surface area contributed by atoms with Crippen LogP contribution < -0.4 is 15.5 Å². The second-order valence-electron chi connectivity index (χ2n) is 6.07. The van der Waals surface area contributed by atoms with Crippen LogP contribution in [0.15, 0.2) is 39.6 Å². The molecule has 0 spiro atoms. The number of hydrogen-bond donors (Lipinski definition) is 2. The van der Waals surface area contributed by atoms with Gasteiger partial charge in [-0.3, -0.25) is 15.1 Å². The quantitative estimate of drug-likeness (QED) is 0.495. The molecule has 0 aromatic heterocycles. The Morgan fingerprint density at radius 3 is 2.46 bits per heavy atom. The van der Waals surface area contributed by atoms with Gasteiger partial charge in [0.15, 0.2) is 5.84 Å². The Morgan fingerprint density at radius 2 is 1.93 bits per heavy atom. The summed E-state index contributed by atoms with van der Waals surface area (Å²) in [6.45, 7) is 3.94. The zero-order chi connectivity index (χ0) is 21.1. The van der Waals surface area contributed by atoms with E-state index in [1.54, 1.807) is 18.7 Å². The molecule has 0 unspecified atom stereocenters. The molecule has 0 aliphatic carbocycles. The van der Waals surface area contributed by atoms with Crippen molar-refractivity contribution in [1.29, 1.82) is 0 Å². The van der Waals surface area contributed by atoms with Gasteiger partial charge in [-0.15, -0.1) is 0 Å². The van der Waals surface area contributed by atoms with Crippen molar-refractivity contribution in [2.45, 2.75) is 18.7 Å². The summed E-state index contributed by atoms with van der Waals surface area (Å²) in [4.78, 5) is 19.1. The maximum Gasteiger partial charge on any atom is 0.276 e. The summed E-state index contributed by atoms with van der Waals surface area (Å²) in [5.41, 5.74) is 4.06. The van der Waals surface area contributed by atoms with Crippen LogP contribution in [0.2, 0.25) is 0 Å². The Labute approximate surface area is 164 Å². The zero-order valence-corrected chi connectivity index (χ0v) is 17.5. The molecule has 0 bridgehead atoms. The van der Waals surface area contributed by atoms with E-state index >= 15 is 0 Å². The van der Waals surface area contributed by atoms with Crippen LogP contribution in [0.1, 0.15) is 19.4 Å². The Morgan fingerprint density at radius 1 is 1.25 bits per heavy atom. The first-order chi connectivity index (χ1) is 13.1. The van der Waals surface area contributed by atoms with Gasteiger partial charge < -0.3 is 15.0 Å². The molecule has 1 aliphatic heterocycles. The minimum atomic E-state index is -3.88. The van der Waals surface area contributed by atoms with E-state index < -0.39 is 10.0 Å². The molecule has 0 fully saturated rings. The van der Waals surface area contributed by atoms with Crippen molar-refractivity contribution in [2.24, 2.45) is 5.10 Å². The van der Waals surface area contributed by atoms with Gasteiger partial charge in [-0.05, 0) is 32.0 Å². The number of nitrogens with zero attached hydrogens (tertiary/aromatic N) is 3. The van der Waals surface area contributed by atoms with Crippen molar-refractivity contribution in [2.75, 3.05) is 34.9 Å². The highest BCUT2D eigenvalue weighted by molar-refractivity contribution is 7.89. The fourth-order valence-electron chi connectivity index (χ4n) is 2.34. The Kier molecular flexibility index (Phi) is 6.65. The Bertz CT molecular complexity index is 924. The van der Waals surface area contributed by atoms with Gasteiger partial charge in [-0.25, -0.2) is 8.42 Å². The van der Waals surface area contributed by atoms with E-state index in [1.807, 2.05) is 14.1 Å². The molecule has 0 radical (unpaired) electrons. The topological polar surface area (TPSA) is 113 Å². The SMILES string of the molecule is CCOc1ccc(S(=O)(=O)N(C)OC)cc1C1=NN/C(=C(/C)N(C)C)C(=O)N1. The van der Waals surface area contributed by atoms with Gasteiger partial charge in [0, 0.05) is 26.8 Å². The molecule has 1 aliphatic rings. The lowest BCUT2D eigenvalue weighted by molar-refractivity contribution is -0.116. The number of hydrazone groups is 1. The Balaban J connectivity index is 2.54. The fourth-order valence-corrected chi connectivity index (χ4v) is 3.34. The largest absolute Gasteiger partial charge is 0.493 e. The summed E-state index contributed by atoms with van der Waals surface area (Å²) in [7, 11) is 2.28. The molecule has 1 aromatic rings. The summed E-state index contributed by atoms with van der Waals surface area (Å²) in [6.07, 6.45) is 0. The standard InChI is InChI=1S/C17H25N5O5S/c1-7-27-14-9-8-12(28(24,25)22(5)26-6)10-13(14)16-18-17(23)15(19-20-16)11(2)21(3)4/h8-10,19H,7H2,1-6H3,(H,18,20,23)/b15-11-. The van der Waals surface area contributed by atoms with Crippen molar-refractivity contribution in [3.8, 4) is 5.75 Å². The number of ether oxygens (including phenoxy) is 1. The molecule has 1 heterocycles. The number of hydroxylamine groups is 1. The number of allylic oxidation sites excluding steroid dienone is 1. The molecule has 0 saturated carbocycles. The van der Waals surface area contributed by atoms with Crippen LogP contribution in [0.3, 0.4) is 0 Å². The lowest BCUT2D eigenvalue weighted by Crippen LogP contribution is -2.43. The minimum absolute atomic E-state index is 0.0296. The lowest BCUT2D eigenvalue weighted by atomic mass is 10.1. The molecule has 2 N–H and O–H groups in total. The van der Waals surface area contributed by atoms with Crippen molar-refractivity contribution >= 4 is 21.8 Å². The summed E-state index contributed by atoms with van der Waals surface area (Å²) < 4.78 is 31.4. The molecule has 2 rings (SSSR count). The third kappa shape index (κ3) is 4.26. The monoisotopic (exact) mass is 411 g/mol. The number of amides is 1. The molecular weight excluding hydrogens is 386 g/mol. The number of amidine groups is 1. The van der Waals surface area contributed by atoms with Crippen LogP contribution in [-0.4, -0.2) is 64.4 Å². The number of carbonyl (C=O) groups excluding carboxylic acids is 1. The molecule has 1 aromatic carbocycles. The third-order valence-electron chi connectivity index (χ3n) is 4.17. The van der Waals surface area contributed by atoms with Crippen LogP contribution in [0.5, 0.6) is 5.75 Å². The molecule has 28 heavy (non-hydrogen) atoms. The summed E-state index contributed by atoms with van der Waals surface area (Å²) >= 11 is 0. The van der Waals surface area contributed by atoms with Gasteiger partial charge >= 0.3 is 0 Å². The highest BCUT2D eigenvalue weighted by Crippen LogP contribution is 2.25. The van der Waals surface area contributed by atoms with E-state index in [1.165, 1.54) is 32.4 Å². The van der Waals surface area contributed by atoms with Gasteiger partial charge in [0.25, 0.3) is 15.9 Å². The predicted molar refractivity (Wildman–Crippen MR) is 104 cm³/mol. The van der Waals surface area contributed by atoms with E-state index in [-0.39, 0.29) is 16.6 Å². The average Bonchev–Trinajstić information content (AvgIpc) is 2.66. The third-order valence-corrected chi connectivity index (χ3v) is 5.85. The first-order valence-electron chi connectivity index (χ1n) is 8.47. The maximum atomic E-state index is 12.6. The van der Waals surface area contributed by atoms with Gasteiger partial charge in [-0.2, -0.15) is 5.10 Å². The molecule has 0 saturated heterocycles. The Hall–Kier alpha value is -2.63. The van der Waals surface area contributed by atoms with E-state index in [0.717, 1.165) is 4.47 Å². The normalized spacial score (nSPS) is 16.2. The molecule has 10 nitrogen and oxygen atoms in total. The van der Waals surface area contributed by atoms with Crippen LogP contribution in [0.4, 0.5) is 0 Å². The van der Waals surface area contributed by atoms with Gasteiger partial charge in [0.2, 0.25) is 0 Å². The smallest absolute Gasteiger partial charge is 0.276 e. The summed E-state index contributed by atoms with van der Waals surface area (Å²) in [5.74, 6) is 0.154. The van der Waals surface area contributed by atoms with Crippen LogP contribution in [-0.2, 0) is 19.7 Å². The van der Waals surface area contributed by atoms with E-state index in [9.17, 15) is 13.2 Å². The van der Waals surface area contributed by atoms with Crippen molar-refractivity contribution < 1.29 is 22.8 Å². The summed E-state index contributed by atoms with van der Waals surface area (Å²) in [5, 5.41) is 6.88. The van der Waals surface area contributed by atoms with E-state index in [4.69, 9.17) is 9.57 Å². The highest BCUT2D eigenvalue weighted by Gasteiger charge is 2.27. The number of hydrogen-bond acceptors (Lipinski definition) is 8. The highest BCUT2D eigenvalue weighted by atomic mass is 32.2. The number of sulfonamides is 1. The predicted octanol–water partition coefficient (Wildman–Crippen LogP) is 0.441. The minimum Gasteiger partial charge on any atom is -0.493 e.